The summed E-state index contributed by atoms with van der Waals surface area (Å²) in [6.07, 6.45) is 1.70. The van der Waals surface area contributed by atoms with Gasteiger partial charge in [0, 0.05) is 36.2 Å². The minimum atomic E-state index is -0.804. The summed E-state index contributed by atoms with van der Waals surface area (Å²) in [6, 6.07) is 9.18. The van der Waals surface area contributed by atoms with Gasteiger partial charge in [0.25, 0.3) is 5.91 Å². The summed E-state index contributed by atoms with van der Waals surface area (Å²) in [5.74, 6) is -1.23. The van der Waals surface area contributed by atoms with Crippen LogP contribution in [0.4, 0.5) is 0 Å². The van der Waals surface area contributed by atoms with Crippen LogP contribution in [0.15, 0.2) is 36.5 Å². The van der Waals surface area contributed by atoms with Crippen LogP contribution in [0.3, 0.4) is 0 Å². The smallest absolute Gasteiger partial charge is 0.306 e. The normalized spacial score (nSPS) is 16.5. The Bertz CT molecular complexity index is 702. The number of nitrogens with zero attached hydrogens (tertiary/aromatic N) is 2. The molecule has 1 aliphatic rings. The highest BCUT2D eigenvalue weighted by Gasteiger charge is 2.37. The van der Waals surface area contributed by atoms with Gasteiger partial charge in [0.15, 0.2) is 0 Å². The van der Waals surface area contributed by atoms with Crippen molar-refractivity contribution in [1.82, 2.24) is 9.88 Å². The minimum absolute atomic E-state index is 0.0413. The molecule has 1 saturated heterocycles. The average Bonchev–Trinajstić information content (AvgIpc) is 2.44. The van der Waals surface area contributed by atoms with E-state index in [2.05, 4.69) is 4.98 Å². The van der Waals surface area contributed by atoms with Crippen LogP contribution in [0.25, 0.3) is 10.9 Å². The molecule has 2 heterocycles. The number of pyridine rings is 1. The number of fused-ring (bicyclic) bond motifs is 1. The highest BCUT2D eigenvalue weighted by atomic mass is 16.4. The molecule has 3 rings (SSSR count). The van der Waals surface area contributed by atoms with Crippen molar-refractivity contribution >= 4 is 22.8 Å². The summed E-state index contributed by atoms with van der Waals surface area (Å²) in [6.45, 7) is 2.70. The van der Waals surface area contributed by atoms with E-state index < -0.39 is 11.9 Å². The van der Waals surface area contributed by atoms with Crippen LogP contribution in [-0.4, -0.2) is 40.0 Å². The zero-order chi connectivity index (χ0) is 15.0. The van der Waals surface area contributed by atoms with Crippen LogP contribution in [0.1, 0.15) is 17.3 Å². The minimum Gasteiger partial charge on any atom is -0.481 e. The van der Waals surface area contributed by atoms with Crippen LogP contribution < -0.4 is 0 Å². The van der Waals surface area contributed by atoms with Crippen LogP contribution in [0.5, 0.6) is 0 Å². The molecule has 0 radical (unpaired) electrons. The first kappa shape index (κ1) is 13.5. The van der Waals surface area contributed by atoms with Crippen molar-refractivity contribution in [3.63, 3.8) is 0 Å². The Morgan fingerprint density at radius 3 is 2.76 bits per heavy atom. The third kappa shape index (κ3) is 2.35. The first-order valence-corrected chi connectivity index (χ1v) is 6.93. The van der Waals surface area contributed by atoms with Gasteiger partial charge in [-0.3, -0.25) is 14.6 Å². The van der Waals surface area contributed by atoms with E-state index in [-0.39, 0.29) is 11.8 Å². The zero-order valence-corrected chi connectivity index (χ0v) is 11.7. The van der Waals surface area contributed by atoms with Crippen LogP contribution >= 0.6 is 0 Å². The number of hydrogen-bond acceptors (Lipinski definition) is 3. The molecule has 1 aromatic heterocycles. The molecule has 1 atom stereocenters. The number of hydrogen-bond donors (Lipinski definition) is 1. The summed E-state index contributed by atoms with van der Waals surface area (Å²) in [7, 11) is 0. The van der Waals surface area contributed by atoms with Gasteiger partial charge in [-0.2, -0.15) is 0 Å². The zero-order valence-electron chi connectivity index (χ0n) is 11.7. The Labute approximate surface area is 122 Å². The summed E-state index contributed by atoms with van der Waals surface area (Å²) in [4.78, 5) is 29.4. The summed E-state index contributed by atoms with van der Waals surface area (Å²) >= 11 is 0. The number of likely N-dealkylation sites (tertiary alicyclic amines) is 1. The van der Waals surface area contributed by atoms with Gasteiger partial charge in [-0.15, -0.1) is 0 Å². The molecule has 5 nitrogen and oxygen atoms in total. The predicted octanol–water partition coefficient (Wildman–Crippen LogP) is 2.03. The highest BCUT2D eigenvalue weighted by molar-refractivity contribution is 6.06. The van der Waals surface area contributed by atoms with Gasteiger partial charge in [0.2, 0.25) is 0 Å². The third-order valence-electron chi connectivity index (χ3n) is 4.17. The second-order valence-electron chi connectivity index (χ2n) is 5.47. The first-order valence-electron chi connectivity index (χ1n) is 6.93. The maximum absolute atomic E-state index is 12.5. The third-order valence-corrected chi connectivity index (χ3v) is 4.17. The molecule has 1 aromatic carbocycles. The molecule has 1 unspecified atom stereocenters. The maximum Gasteiger partial charge on any atom is 0.306 e. The van der Waals surface area contributed by atoms with Gasteiger partial charge < -0.3 is 10.0 Å². The van der Waals surface area contributed by atoms with Crippen molar-refractivity contribution in [2.24, 2.45) is 11.8 Å². The lowest BCUT2D eigenvalue weighted by atomic mass is 9.86. The number of carboxylic acids is 1. The van der Waals surface area contributed by atoms with Gasteiger partial charge in [-0.25, -0.2) is 0 Å². The Hall–Kier alpha value is -2.43. The van der Waals surface area contributed by atoms with E-state index >= 15 is 0 Å². The van der Waals surface area contributed by atoms with Crippen LogP contribution in [0.2, 0.25) is 0 Å². The molecular formula is C16H16N2O3. The lowest BCUT2D eigenvalue weighted by molar-refractivity contribution is -0.144. The largest absolute Gasteiger partial charge is 0.481 e. The summed E-state index contributed by atoms with van der Waals surface area (Å²) in [5, 5.41) is 9.82. The van der Waals surface area contributed by atoms with E-state index in [1.54, 1.807) is 24.1 Å². The maximum atomic E-state index is 12.5. The van der Waals surface area contributed by atoms with Gasteiger partial charge in [-0.1, -0.05) is 19.1 Å². The monoisotopic (exact) mass is 284 g/mol. The van der Waals surface area contributed by atoms with Crippen molar-refractivity contribution in [3.8, 4) is 0 Å². The van der Waals surface area contributed by atoms with E-state index in [1.165, 1.54) is 0 Å². The molecule has 1 amide bonds. The van der Waals surface area contributed by atoms with Crippen molar-refractivity contribution < 1.29 is 14.7 Å². The molecule has 1 fully saturated rings. The predicted molar refractivity (Wildman–Crippen MR) is 77.9 cm³/mol. The molecule has 21 heavy (non-hydrogen) atoms. The summed E-state index contributed by atoms with van der Waals surface area (Å²) < 4.78 is 0. The lowest BCUT2D eigenvalue weighted by Gasteiger charge is -2.41. The quantitative estimate of drug-likeness (QED) is 0.936. The molecule has 1 N–H and O–H groups in total. The average molecular weight is 284 g/mol. The topological polar surface area (TPSA) is 70.5 Å². The number of aliphatic carboxylic acids is 1. The van der Waals surface area contributed by atoms with E-state index in [4.69, 9.17) is 5.11 Å². The Kier molecular flexibility index (Phi) is 3.33. The second-order valence-corrected chi connectivity index (χ2v) is 5.47. The van der Waals surface area contributed by atoms with Crippen molar-refractivity contribution in [1.29, 1.82) is 0 Å². The molecule has 0 saturated carbocycles. The van der Waals surface area contributed by atoms with Crippen molar-refractivity contribution in [2.45, 2.75) is 6.92 Å². The standard InChI is InChI=1S/C16H16N2O3/c1-10(16(20)21)11-8-18(9-11)15(19)13-4-2-6-14-12(13)5-3-7-17-14/h2-7,10-11H,8-9H2,1H3,(H,20,21). The van der Waals surface area contributed by atoms with E-state index in [9.17, 15) is 9.59 Å². The Morgan fingerprint density at radius 1 is 1.29 bits per heavy atom. The van der Waals surface area contributed by atoms with Crippen molar-refractivity contribution in [3.05, 3.63) is 42.1 Å². The fraction of sp³-hybridized carbons (Fsp3) is 0.312. The van der Waals surface area contributed by atoms with Gasteiger partial charge in [0.05, 0.1) is 11.4 Å². The van der Waals surface area contributed by atoms with Crippen LogP contribution in [-0.2, 0) is 4.79 Å². The fourth-order valence-corrected chi connectivity index (χ4v) is 2.66. The molecule has 108 valence electrons. The number of carbonyl (C=O) groups is 2. The first-order chi connectivity index (χ1) is 10.1. The number of aromatic nitrogens is 1. The SMILES string of the molecule is CC(C(=O)O)C1CN(C(=O)c2cccc3ncccc23)C1. The molecule has 5 heteroatoms. The lowest BCUT2D eigenvalue weighted by Crippen LogP contribution is -2.53. The number of carboxylic acid groups (broad SMARTS) is 1. The molecule has 1 aliphatic heterocycles. The fourth-order valence-electron chi connectivity index (χ4n) is 2.66. The van der Waals surface area contributed by atoms with E-state index in [0.717, 1.165) is 10.9 Å². The number of rotatable bonds is 3. The number of carbonyl (C=O) groups excluding carboxylic acids is 1. The Morgan fingerprint density at radius 2 is 2.05 bits per heavy atom. The Balaban J connectivity index is 1.79. The molecule has 0 spiro atoms. The summed E-state index contributed by atoms with van der Waals surface area (Å²) in [5.41, 5.74) is 1.42. The van der Waals surface area contributed by atoms with Gasteiger partial charge in [0.1, 0.15) is 0 Å². The molecule has 0 aliphatic carbocycles. The van der Waals surface area contributed by atoms with E-state index in [1.807, 2.05) is 24.3 Å². The van der Waals surface area contributed by atoms with Crippen LogP contribution in [0, 0.1) is 11.8 Å². The van der Waals surface area contributed by atoms with Gasteiger partial charge >= 0.3 is 5.97 Å². The molecular weight excluding hydrogens is 268 g/mol. The molecule has 0 bridgehead atoms. The highest BCUT2D eigenvalue weighted by Crippen LogP contribution is 2.27. The van der Waals surface area contributed by atoms with Crippen molar-refractivity contribution in [2.75, 3.05) is 13.1 Å². The second kappa shape index (κ2) is 5.16. The van der Waals surface area contributed by atoms with E-state index in [0.29, 0.717) is 18.7 Å². The number of amides is 1. The van der Waals surface area contributed by atoms with Gasteiger partial charge in [-0.05, 0) is 18.2 Å². The molecule has 2 aromatic rings. The number of benzene rings is 1.